The third-order valence-electron chi connectivity index (χ3n) is 2.92. The predicted molar refractivity (Wildman–Crippen MR) is 75.6 cm³/mol. The average Bonchev–Trinajstić information content (AvgIpc) is 2.37. The van der Waals surface area contributed by atoms with E-state index in [1.54, 1.807) is 0 Å². The van der Waals surface area contributed by atoms with Crippen LogP contribution in [0.15, 0.2) is 18.5 Å². The third kappa shape index (κ3) is 3.01. The van der Waals surface area contributed by atoms with Gasteiger partial charge in [0.2, 0.25) is 0 Å². The minimum atomic E-state index is -3.31. The lowest BCUT2D eigenvalue weighted by molar-refractivity contribution is 0.0750. The van der Waals surface area contributed by atoms with E-state index in [2.05, 4.69) is 4.98 Å². The fraction of sp³-hybridized carbons (Fsp3) is 0.455. The molecule has 1 amide bonds. The summed E-state index contributed by atoms with van der Waals surface area (Å²) in [6.45, 7) is 0.406. The highest BCUT2D eigenvalue weighted by Crippen LogP contribution is 2.23. The maximum atomic E-state index is 12.4. The van der Waals surface area contributed by atoms with Crippen LogP contribution in [-0.4, -0.2) is 53.9 Å². The number of amides is 1. The Morgan fingerprint density at radius 2 is 2.32 bits per heavy atom. The van der Waals surface area contributed by atoms with Gasteiger partial charge in [0, 0.05) is 30.5 Å². The van der Waals surface area contributed by atoms with Crippen LogP contribution in [0.2, 0.25) is 0 Å². The van der Waals surface area contributed by atoms with Crippen molar-refractivity contribution in [2.24, 2.45) is 0 Å². The first kappa shape index (κ1) is 14.1. The molecule has 0 aromatic carbocycles. The largest absolute Gasteiger partial charge is 0.397 e. The van der Waals surface area contributed by atoms with Gasteiger partial charge in [-0.25, -0.2) is 8.42 Å². The molecule has 0 aliphatic carbocycles. The van der Waals surface area contributed by atoms with Crippen LogP contribution in [0.1, 0.15) is 10.4 Å². The second kappa shape index (κ2) is 5.38. The van der Waals surface area contributed by atoms with Crippen molar-refractivity contribution in [3.63, 3.8) is 0 Å². The number of thioether (sulfide) groups is 1. The molecule has 0 spiro atoms. The highest BCUT2D eigenvalue weighted by Gasteiger charge is 2.35. The monoisotopic (exact) mass is 301 g/mol. The van der Waals surface area contributed by atoms with Crippen LogP contribution in [-0.2, 0) is 9.84 Å². The Morgan fingerprint density at radius 3 is 2.95 bits per heavy atom. The molecule has 104 valence electrons. The fourth-order valence-corrected chi connectivity index (χ4v) is 4.74. The Bertz CT molecular complexity index is 589. The summed E-state index contributed by atoms with van der Waals surface area (Å²) in [6.07, 6.45) is 4.01. The van der Waals surface area contributed by atoms with Gasteiger partial charge in [-0.1, -0.05) is 0 Å². The molecule has 2 rings (SSSR count). The van der Waals surface area contributed by atoms with Crippen LogP contribution in [0.25, 0.3) is 0 Å². The van der Waals surface area contributed by atoms with Crippen LogP contribution >= 0.6 is 11.8 Å². The van der Waals surface area contributed by atoms with Gasteiger partial charge in [-0.2, -0.15) is 11.8 Å². The number of carbonyl (C=O) groups excluding carboxylic acids is 1. The molecule has 1 aromatic heterocycles. The molecule has 1 aromatic rings. The van der Waals surface area contributed by atoms with Gasteiger partial charge < -0.3 is 10.6 Å². The lowest BCUT2D eigenvalue weighted by Gasteiger charge is -2.34. The van der Waals surface area contributed by atoms with Crippen LogP contribution in [0.3, 0.4) is 0 Å². The number of anilines is 1. The summed E-state index contributed by atoms with van der Waals surface area (Å²) in [6, 6.07) is 1.51. The van der Waals surface area contributed by atoms with Gasteiger partial charge in [0.25, 0.3) is 5.91 Å². The van der Waals surface area contributed by atoms with E-state index in [9.17, 15) is 13.2 Å². The average molecular weight is 301 g/mol. The van der Waals surface area contributed by atoms with E-state index in [4.69, 9.17) is 5.73 Å². The number of pyridine rings is 1. The summed E-state index contributed by atoms with van der Waals surface area (Å²) in [5.74, 6) is 0.772. The Morgan fingerprint density at radius 1 is 1.58 bits per heavy atom. The second-order valence-corrected chi connectivity index (χ2v) is 7.67. The van der Waals surface area contributed by atoms with E-state index in [-0.39, 0.29) is 11.6 Å². The number of hydrogen-bond acceptors (Lipinski definition) is 6. The smallest absolute Gasteiger partial charge is 0.257 e. The second-order valence-electron chi connectivity index (χ2n) is 4.32. The fourth-order valence-electron chi connectivity index (χ4n) is 1.92. The van der Waals surface area contributed by atoms with E-state index in [0.29, 0.717) is 17.9 Å². The van der Waals surface area contributed by atoms with Gasteiger partial charge in [-0.15, -0.1) is 0 Å². The molecule has 0 radical (unpaired) electrons. The zero-order valence-electron chi connectivity index (χ0n) is 10.4. The molecule has 1 unspecified atom stereocenters. The molecule has 1 fully saturated rings. The van der Waals surface area contributed by atoms with E-state index in [0.717, 1.165) is 12.0 Å². The van der Waals surface area contributed by atoms with E-state index >= 15 is 0 Å². The van der Waals surface area contributed by atoms with E-state index in [1.807, 2.05) is 0 Å². The molecular formula is C11H15N3O3S2. The topological polar surface area (TPSA) is 93.4 Å². The molecule has 6 nitrogen and oxygen atoms in total. The van der Waals surface area contributed by atoms with Gasteiger partial charge in [0.15, 0.2) is 9.84 Å². The molecule has 0 bridgehead atoms. The highest BCUT2D eigenvalue weighted by molar-refractivity contribution is 8.00. The summed E-state index contributed by atoms with van der Waals surface area (Å²) in [7, 11) is -3.31. The Balaban J connectivity index is 2.34. The standard InChI is InChI=1S/C11H15N3O3S2/c1-19(16,17)10-7-18-5-4-14(10)11(15)8-2-3-13-6-9(8)12/h2-3,6,10H,4-5,7,12H2,1H3. The number of carbonyl (C=O) groups is 1. The summed E-state index contributed by atoms with van der Waals surface area (Å²) in [5.41, 5.74) is 6.28. The summed E-state index contributed by atoms with van der Waals surface area (Å²) in [4.78, 5) is 17.6. The van der Waals surface area contributed by atoms with Gasteiger partial charge in [-0.05, 0) is 6.07 Å². The Hall–Kier alpha value is -1.28. The number of nitrogens with zero attached hydrogens (tertiary/aromatic N) is 2. The van der Waals surface area contributed by atoms with Gasteiger partial charge in [0.05, 0.1) is 17.4 Å². The van der Waals surface area contributed by atoms with E-state index in [1.165, 1.54) is 35.1 Å². The summed E-state index contributed by atoms with van der Waals surface area (Å²) in [5, 5.41) is -0.786. The van der Waals surface area contributed by atoms with Crippen molar-refractivity contribution in [2.75, 3.05) is 30.0 Å². The van der Waals surface area contributed by atoms with Crippen molar-refractivity contribution in [3.05, 3.63) is 24.0 Å². The van der Waals surface area contributed by atoms with Crippen LogP contribution < -0.4 is 5.73 Å². The van der Waals surface area contributed by atoms with Crippen molar-refractivity contribution >= 4 is 33.2 Å². The van der Waals surface area contributed by atoms with Gasteiger partial charge >= 0.3 is 0 Å². The normalized spacial score (nSPS) is 20.3. The molecule has 1 aliphatic heterocycles. The molecule has 1 saturated heterocycles. The molecule has 1 aliphatic rings. The van der Waals surface area contributed by atoms with Crippen molar-refractivity contribution in [3.8, 4) is 0 Å². The Kier molecular flexibility index (Phi) is 4.00. The first-order valence-corrected chi connectivity index (χ1v) is 8.79. The minimum absolute atomic E-state index is 0.262. The number of hydrogen-bond donors (Lipinski definition) is 1. The molecule has 19 heavy (non-hydrogen) atoms. The van der Waals surface area contributed by atoms with Crippen LogP contribution in [0.4, 0.5) is 5.69 Å². The van der Waals surface area contributed by atoms with E-state index < -0.39 is 15.2 Å². The predicted octanol–water partition coefficient (Wildman–Crippen LogP) is 0.223. The lowest BCUT2D eigenvalue weighted by atomic mass is 10.2. The highest BCUT2D eigenvalue weighted by atomic mass is 32.2. The zero-order chi connectivity index (χ0) is 14.0. The lowest BCUT2D eigenvalue weighted by Crippen LogP contribution is -2.50. The SMILES string of the molecule is CS(=O)(=O)C1CSCCN1C(=O)c1ccncc1N. The maximum absolute atomic E-state index is 12.4. The minimum Gasteiger partial charge on any atom is -0.397 e. The number of sulfone groups is 1. The maximum Gasteiger partial charge on any atom is 0.257 e. The summed E-state index contributed by atoms with van der Waals surface area (Å²) >= 11 is 1.53. The number of aromatic nitrogens is 1. The zero-order valence-corrected chi connectivity index (χ0v) is 12.1. The molecule has 8 heteroatoms. The van der Waals surface area contributed by atoms with Crippen molar-refractivity contribution in [2.45, 2.75) is 5.37 Å². The molecule has 0 saturated carbocycles. The Labute approximate surface area is 116 Å². The molecular weight excluding hydrogens is 286 g/mol. The number of rotatable bonds is 2. The first-order chi connectivity index (χ1) is 8.91. The molecule has 2 N–H and O–H groups in total. The van der Waals surface area contributed by atoms with Crippen molar-refractivity contribution in [1.29, 1.82) is 0 Å². The van der Waals surface area contributed by atoms with Gasteiger partial charge in [0.1, 0.15) is 5.37 Å². The molecule has 1 atom stereocenters. The summed E-state index contributed by atoms with van der Waals surface area (Å²) < 4.78 is 23.5. The van der Waals surface area contributed by atoms with Crippen LogP contribution in [0.5, 0.6) is 0 Å². The number of nitrogens with two attached hydrogens (primary N) is 1. The van der Waals surface area contributed by atoms with Crippen molar-refractivity contribution < 1.29 is 13.2 Å². The van der Waals surface area contributed by atoms with Crippen LogP contribution in [0, 0.1) is 0 Å². The van der Waals surface area contributed by atoms with Gasteiger partial charge in [-0.3, -0.25) is 9.78 Å². The van der Waals surface area contributed by atoms with Crippen molar-refractivity contribution in [1.82, 2.24) is 9.88 Å². The number of nitrogen functional groups attached to an aromatic ring is 1. The quantitative estimate of drug-likeness (QED) is 0.840. The third-order valence-corrected chi connectivity index (χ3v) is 5.57. The first-order valence-electron chi connectivity index (χ1n) is 5.68. The molecule has 2 heterocycles.